The van der Waals surface area contributed by atoms with Crippen molar-refractivity contribution in [1.29, 1.82) is 0 Å². The third kappa shape index (κ3) is 4.46. The topological polar surface area (TPSA) is 59.3 Å². The average Bonchev–Trinajstić information content (AvgIpc) is 2.72. The Kier molecular flexibility index (Phi) is 5.11. The molecule has 5 heteroatoms. The summed E-state index contributed by atoms with van der Waals surface area (Å²) in [6, 6.07) is -0.0296. The molecule has 0 saturated heterocycles. The van der Waals surface area contributed by atoms with Crippen LogP contribution in [0.4, 0.5) is 0 Å². The maximum atomic E-state index is 9.11. The van der Waals surface area contributed by atoms with Gasteiger partial charge < -0.3 is 15.2 Å². The van der Waals surface area contributed by atoms with E-state index in [9.17, 15) is 0 Å². The fourth-order valence-electron chi connectivity index (χ4n) is 1.46. The zero-order chi connectivity index (χ0) is 12.9. The van der Waals surface area contributed by atoms with Crippen LogP contribution in [0.3, 0.4) is 0 Å². The molecule has 0 aromatic carbocycles. The van der Waals surface area contributed by atoms with E-state index in [1.54, 1.807) is 7.11 Å². The Morgan fingerprint density at radius 3 is 2.71 bits per heavy atom. The standard InChI is InChI=1S/C12H23N3O2/c1-12(2,3)15-7-10(6-14-15)5-13-11(8-16)9-17-4/h6-7,11,13,16H,5,8-9H2,1-4H3. The molecule has 0 spiro atoms. The van der Waals surface area contributed by atoms with Crippen LogP contribution in [0.2, 0.25) is 0 Å². The van der Waals surface area contributed by atoms with Gasteiger partial charge in [0, 0.05) is 25.4 Å². The van der Waals surface area contributed by atoms with Gasteiger partial charge in [-0.2, -0.15) is 5.10 Å². The van der Waals surface area contributed by atoms with E-state index in [-0.39, 0.29) is 18.2 Å². The predicted octanol–water partition coefficient (Wildman–Crippen LogP) is 0.735. The van der Waals surface area contributed by atoms with Crippen molar-refractivity contribution in [1.82, 2.24) is 15.1 Å². The molecule has 5 nitrogen and oxygen atoms in total. The first-order chi connectivity index (χ1) is 7.97. The van der Waals surface area contributed by atoms with E-state index in [0.717, 1.165) is 5.56 Å². The maximum Gasteiger partial charge on any atom is 0.0638 e. The number of hydrogen-bond donors (Lipinski definition) is 2. The fourth-order valence-corrected chi connectivity index (χ4v) is 1.46. The van der Waals surface area contributed by atoms with Gasteiger partial charge >= 0.3 is 0 Å². The normalized spacial score (nSPS) is 13.9. The lowest BCUT2D eigenvalue weighted by atomic mass is 10.1. The van der Waals surface area contributed by atoms with E-state index < -0.39 is 0 Å². The first-order valence-corrected chi connectivity index (χ1v) is 5.84. The number of nitrogens with one attached hydrogen (secondary N) is 1. The lowest BCUT2D eigenvalue weighted by molar-refractivity contribution is 0.128. The Balaban J connectivity index is 2.49. The summed E-state index contributed by atoms with van der Waals surface area (Å²) in [5, 5.41) is 16.6. The predicted molar refractivity (Wildman–Crippen MR) is 66.8 cm³/mol. The second-order valence-corrected chi connectivity index (χ2v) is 5.18. The monoisotopic (exact) mass is 241 g/mol. The molecule has 0 saturated carbocycles. The molecule has 2 N–H and O–H groups in total. The lowest BCUT2D eigenvalue weighted by Gasteiger charge is -2.19. The minimum absolute atomic E-state index is 0.00115. The molecule has 0 aliphatic carbocycles. The molecule has 1 aromatic heterocycles. The summed E-state index contributed by atoms with van der Waals surface area (Å²) in [6.45, 7) is 7.59. The molecule has 1 unspecified atom stereocenters. The van der Waals surface area contributed by atoms with Gasteiger partial charge in [0.2, 0.25) is 0 Å². The van der Waals surface area contributed by atoms with E-state index in [0.29, 0.717) is 13.2 Å². The van der Waals surface area contributed by atoms with Crippen LogP contribution in [-0.2, 0) is 16.8 Å². The molecular formula is C12H23N3O2. The van der Waals surface area contributed by atoms with Gasteiger partial charge in [0.25, 0.3) is 0 Å². The summed E-state index contributed by atoms with van der Waals surface area (Å²) in [5.41, 5.74) is 1.11. The molecule has 1 heterocycles. The number of rotatable bonds is 6. The van der Waals surface area contributed by atoms with Crippen molar-refractivity contribution in [2.45, 2.75) is 38.9 Å². The molecule has 98 valence electrons. The van der Waals surface area contributed by atoms with Gasteiger partial charge in [-0.15, -0.1) is 0 Å². The summed E-state index contributed by atoms with van der Waals surface area (Å²) >= 11 is 0. The number of hydrogen-bond acceptors (Lipinski definition) is 4. The van der Waals surface area contributed by atoms with Gasteiger partial charge in [-0.05, 0) is 20.8 Å². The molecule has 0 aliphatic heterocycles. The first-order valence-electron chi connectivity index (χ1n) is 5.84. The summed E-state index contributed by atoms with van der Waals surface area (Å²) in [7, 11) is 1.63. The molecule has 0 fully saturated rings. The van der Waals surface area contributed by atoms with E-state index in [1.807, 2.05) is 17.1 Å². The SMILES string of the molecule is COCC(CO)NCc1cnn(C(C)(C)C)c1. The van der Waals surface area contributed by atoms with Gasteiger partial charge in [0.1, 0.15) is 0 Å². The van der Waals surface area contributed by atoms with E-state index in [2.05, 4.69) is 31.2 Å². The highest BCUT2D eigenvalue weighted by molar-refractivity contribution is 5.05. The molecule has 0 aliphatic rings. The van der Waals surface area contributed by atoms with Crippen LogP contribution < -0.4 is 5.32 Å². The molecular weight excluding hydrogens is 218 g/mol. The third-order valence-electron chi connectivity index (χ3n) is 2.51. The highest BCUT2D eigenvalue weighted by Gasteiger charge is 2.14. The Bertz CT molecular complexity index is 331. The molecule has 0 amide bonds. The number of ether oxygens (including phenoxy) is 1. The van der Waals surface area contributed by atoms with Crippen LogP contribution in [-0.4, -0.2) is 41.3 Å². The lowest BCUT2D eigenvalue weighted by Crippen LogP contribution is -2.35. The third-order valence-corrected chi connectivity index (χ3v) is 2.51. The number of methoxy groups -OCH3 is 1. The van der Waals surface area contributed by atoms with Crippen LogP contribution in [0.5, 0.6) is 0 Å². The first kappa shape index (κ1) is 14.2. The highest BCUT2D eigenvalue weighted by Crippen LogP contribution is 2.13. The molecule has 0 bridgehead atoms. The minimum Gasteiger partial charge on any atom is -0.395 e. The zero-order valence-electron chi connectivity index (χ0n) is 11.1. The summed E-state index contributed by atoms with van der Waals surface area (Å²) < 4.78 is 6.94. The van der Waals surface area contributed by atoms with Crippen molar-refractivity contribution in [2.75, 3.05) is 20.3 Å². The zero-order valence-corrected chi connectivity index (χ0v) is 11.1. The van der Waals surface area contributed by atoms with Crippen molar-refractivity contribution in [2.24, 2.45) is 0 Å². The second-order valence-electron chi connectivity index (χ2n) is 5.18. The highest BCUT2D eigenvalue weighted by atomic mass is 16.5. The Morgan fingerprint density at radius 1 is 1.53 bits per heavy atom. The smallest absolute Gasteiger partial charge is 0.0638 e. The minimum atomic E-state index is -0.0296. The molecule has 17 heavy (non-hydrogen) atoms. The number of aliphatic hydroxyl groups excluding tert-OH is 1. The fraction of sp³-hybridized carbons (Fsp3) is 0.750. The molecule has 0 radical (unpaired) electrons. The van der Waals surface area contributed by atoms with Gasteiger partial charge in [0.15, 0.2) is 0 Å². The Morgan fingerprint density at radius 2 is 2.24 bits per heavy atom. The summed E-state index contributed by atoms with van der Waals surface area (Å²) in [4.78, 5) is 0. The molecule has 1 rings (SSSR count). The van der Waals surface area contributed by atoms with Gasteiger partial charge in [-0.1, -0.05) is 0 Å². The van der Waals surface area contributed by atoms with Crippen molar-refractivity contribution >= 4 is 0 Å². The van der Waals surface area contributed by atoms with Crippen LogP contribution in [0.15, 0.2) is 12.4 Å². The van der Waals surface area contributed by atoms with E-state index >= 15 is 0 Å². The largest absolute Gasteiger partial charge is 0.395 e. The van der Waals surface area contributed by atoms with Crippen LogP contribution in [0, 0.1) is 0 Å². The van der Waals surface area contributed by atoms with Crippen molar-refractivity contribution in [3.8, 4) is 0 Å². The quantitative estimate of drug-likeness (QED) is 0.771. The van der Waals surface area contributed by atoms with Gasteiger partial charge in [-0.3, -0.25) is 4.68 Å². The molecule has 1 aromatic rings. The van der Waals surface area contributed by atoms with Crippen molar-refractivity contribution in [3.05, 3.63) is 18.0 Å². The van der Waals surface area contributed by atoms with Crippen LogP contribution in [0.1, 0.15) is 26.3 Å². The van der Waals surface area contributed by atoms with Crippen LogP contribution >= 0.6 is 0 Å². The Labute approximate surface area is 103 Å². The van der Waals surface area contributed by atoms with E-state index in [1.165, 1.54) is 0 Å². The number of nitrogens with zero attached hydrogens (tertiary/aromatic N) is 2. The summed E-state index contributed by atoms with van der Waals surface area (Å²) in [5.74, 6) is 0. The van der Waals surface area contributed by atoms with Crippen molar-refractivity contribution in [3.63, 3.8) is 0 Å². The average molecular weight is 241 g/mol. The maximum absolute atomic E-state index is 9.11. The van der Waals surface area contributed by atoms with Crippen LogP contribution in [0.25, 0.3) is 0 Å². The molecule has 1 atom stereocenters. The number of aliphatic hydroxyl groups is 1. The van der Waals surface area contributed by atoms with E-state index in [4.69, 9.17) is 9.84 Å². The van der Waals surface area contributed by atoms with Gasteiger partial charge in [-0.25, -0.2) is 0 Å². The van der Waals surface area contributed by atoms with Crippen molar-refractivity contribution < 1.29 is 9.84 Å². The number of aromatic nitrogens is 2. The second kappa shape index (κ2) is 6.14. The summed E-state index contributed by atoms with van der Waals surface area (Å²) in [6.07, 6.45) is 3.87. The van der Waals surface area contributed by atoms with Gasteiger partial charge in [0.05, 0.1) is 31.0 Å². The Hall–Kier alpha value is -0.910.